The predicted molar refractivity (Wildman–Crippen MR) is 127 cm³/mol. The quantitative estimate of drug-likeness (QED) is 0.389. The molecule has 0 spiro atoms. The molecule has 6 nitrogen and oxygen atoms in total. The van der Waals surface area contributed by atoms with Crippen LogP contribution in [-0.4, -0.2) is 17.6 Å². The molecule has 1 heterocycles. The van der Waals surface area contributed by atoms with Crippen LogP contribution in [0.4, 0.5) is 5.69 Å². The van der Waals surface area contributed by atoms with E-state index < -0.39 is 0 Å². The van der Waals surface area contributed by atoms with Gasteiger partial charge in [0.1, 0.15) is 23.3 Å². The van der Waals surface area contributed by atoms with E-state index in [0.29, 0.717) is 62.7 Å². The summed E-state index contributed by atoms with van der Waals surface area (Å²) in [5.74, 6) is 0.711. The number of rotatable bonds is 5. The van der Waals surface area contributed by atoms with Gasteiger partial charge in [0.15, 0.2) is 0 Å². The summed E-state index contributed by atoms with van der Waals surface area (Å²) in [5, 5.41) is 23.0. The summed E-state index contributed by atoms with van der Waals surface area (Å²) in [5.41, 5.74) is 1.93. The maximum Gasteiger partial charge on any atom is 0.255 e. The molecule has 166 valence electrons. The van der Waals surface area contributed by atoms with Crippen LogP contribution in [0.2, 0.25) is 10.0 Å². The first-order chi connectivity index (χ1) is 15.9. The van der Waals surface area contributed by atoms with Crippen molar-refractivity contribution in [3.63, 3.8) is 0 Å². The highest BCUT2D eigenvalue weighted by Crippen LogP contribution is 2.41. The normalized spacial score (nSPS) is 14.4. The molecule has 1 aliphatic heterocycles. The number of benzene rings is 3. The molecule has 8 heteroatoms. The van der Waals surface area contributed by atoms with Gasteiger partial charge in [-0.05, 0) is 55.0 Å². The molecule has 3 aromatic carbocycles. The number of aliphatic hydroxyl groups excluding tert-OH is 1. The fourth-order valence-electron chi connectivity index (χ4n) is 3.51. The zero-order valence-corrected chi connectivity index (χ0v) is 18.8. The molecular formula is C25H18Cl2N2O4. The third-order valence-corrected chi connectivity index (χ3v) is 5.94. The van der Waals surface area contributed by atoms with Crippen LogP contribution in [0, 0.1) is 11.3 Å². The van der Waals surface area contributed by atoms with Crippen LogP contribution >= 0.6 is 23.2 Å². The molecule has 0 aliphatic carbocycles. The second-order valence-corrected chi connectivity index (χ2v) is 8.20. The van der Waals surface area contributed by atoms with Crippen LogP contribution < -0.4 is 14.8 Å². The number of hydrogen-bond acceptors (Lipinski definition) is 5. The Kier molecular flexibility index (Phi) is 6.45. The summed E-state index contributed by atoms with van der Waals surface area (Å²) in [7, 11) is 0. The van der Waals surface area contributed by atoms with Gasteiger partial charge in [0.05, 0.1) is 28.0 Å². The molecule has 0 bridgehead atoms. The van der Waals surface area contributed by atoms with E-state index in [1.807, 2.05) is 0 Å². The number of ether oxygens (including phenoxy) is 2. The summed E-state index contributed by atoms with van der Waals surface area (Å²) >= 11 is 11.9. The maximum absolute atomic E-state index is 12.5. The van der Waals surface area contributed by atoms with Crippen molar-refractivity contribution < 1.29 is 19.4 Å². The highest BCUT2D eigenvalue weighted by atomic mass is 35.5. The molecule has 1 atom stereocenters. The van der Waals surface area contributed by atoms with Gasteiger partial charge in [0, 0.05) is 28.8 Å². The van der Waals surface area contributed by atoms with Crippen LogP contribution in [0.25, 0.3) is 0 Å². The summed E-state index contributed by atoms with van der Waals surface area (Å²) in [6.45, 7) is 4.04. The Morgan fingerprint density at radius 1 is 1.15 bits per heavy atom. The number of nitrogens with zero attached hydrogens (tertiary/aromatic N) is 1. The lowest BCUT2D eigenvalue weighted by Gasteiger charge is -2.26. The molecule has 4 rings (SSSR count). The predicted octanol–water partition coefficient (Wildman–Crippen LogP) is 6.85. The highest BCUT2D eigenvalue weighted by Gasteiger charge is 2.26. The number of carbonyl (C=O) groups is 1. The summed E-state index contributed by atoms with van der Waals surface area (Å²) in [4.78, 5) is 12.5. The fraction of sp³-hybridized carbons (Fsp3) is 0.120. The van der Waals surface area contributed by atoms with E-state index in [1.165, 1.54) is 0 Å². The molecule has 2 N–H and O–H groups in total. The Labute approximate surface area is 200 Å². The third kappa shape index (κ3) is 4.90. The molecule has 1 amide bonds. The topological polar surface area (TPSA) is 91.6 Å². The van der Waals surface area contributed by atoms with Gasteiger partial charge >= 0.3 is 0 Å². The number of amides is 1. The van der Waals surface area contributed by atoms with Gasteiger partial charge in [0.2, 0.25) is 0 Å². The van der Waals surface area contributed by atoms with Crippen LogP contribution in [0.3, 0.4) is 0 Å². The lowest BCUT2D eigenvalue weighted by Crippen LogP contribution is -2.16. The van der Waals surface area contributed by atoms with Crippen molar-refractivity contribution in [2.24, 2.45) is 0 Å². The number of hydrogen-bond donors (Lipinski definition) is 2. The monoisotopic (exact) mass is 480 g/mol. The van der Waals surface area contributed by atoms with E-state index in [4.69, 9.17) is 32.7 Å². The number of nitrogens with one attached hydrogen (secondary N) is 1. The maximum atomic E-state index is 12.5. The van der Waals surface area contributed by atoms with Crippen molar-refractivity contribution in [2.75, 3.05) is 11.9 Å². The zero-order chi connectivity index (χ0) is 23.5. The van der Waals surface area contributed by atoms with Gasteiger partial charge in [-0.25, -0.2) is 0 Å². The van der Waals surface area contributed by atoms with E-state index in [2.05, 4.69) is 18.0 Å². The lowest BCUT2D eigenvalue weighted by molar-refractivity contribution is 0.102. The van der Waals surface area contributed by atoms with Crippen molar-refractivity contribution in [3.8, 4) is 23.3 Å². The van der Waals surface area contributed by atoms with Crippen LogP contribution in [0.15, 0.2) is 66.9 Å². The van der Waals surface area contributed by atoms with E-state index in [0.717, 1.165) is 0 Å². The molecule has 3 aromatic rings. The van der Waals surface area contributed by atoms with Crippen molar-refractivity contribution in [2.45, 2.75) is 12.3 Å². The molecule has 1 unspecified atom stereocenters. The number of fused-ring (bicyclic) bond motifs is 1. The molecule has 1 aliphatic rings. The molecule has 0 aromatic heterocycles. The third-order valence-electron chi connectivity index (χ3n) is 5.20. The van der Waals surface area contributed by atoms with E-state index in [1.54, 1.807) is 54.6 Å². The van der Waals surface area contributed by atoms with E-state index >= 15 is 0 Å². The Morgan fingerprint density at radius 2 is 1.91 bits per heavy atom. The fourth-order valence-corrected chi connectivity index (χ4v) is 3.81. The van der Waals surface area contributed by atoms with Crippen molar-refractivity contribution in [1.29, 1.82) is 5.26 Å². The Morgan fingerprint density at radius 3 is 2.58 bits per heavy atom. The average molecular weight is 481 g/mol. The first kappa shape index (κ1) is 22.5. The minimum atomic E-state index is -0.324. The van der Waals surface area contributed by atoms with E-state index in [-0.39, 0.29) is 17.6 Å². The minimum Gasteiger partial charge on any atom is -0.512 e. The molecule has 0 saturated heterocycles. The summed E-state index contributed by atoms with van der Waals surface area (Å²) in [6, 6.07) is 16.7. The number of nitriles is 1. The standard InChI is InChI=1S/C25H18Cl2N2O4/c1-14(30)19-8-9-32-24-12-23(16(13-28)10-20(19)24)33-18-5-2-15(3-6-18)25(31)29-17-4-7-21(26)22(27)11-17/h2-7,10-12,19,30H,1,8-9H2,(H,29,31). The first-order valence-electron chi connectivity index (χ1n) is 9.98. The minimum absolute atomic E-state index is 0.0341. The van der Waals surface area contributed by atoms with Crippen molar-refractivity contribution in [1.82, 2.24) is 0 Å². The van der Waals surface area contributed by atoms with E-state index in [9.17, 15) is 15.2 Å². The number of carbonyl (C=O) groups excluding carboxylic acids is 1. The molecule has 33 heavy (non-hydrogen) atoms. The number of halogens is 2. The highest BCUT2D eigenvalue weighted by molar-refractivity contribution is 6.42. The summed E-state index contributed by atoms with van der Waals surface area (Å²) in [6.07, 6.45) is 0.582. The first-order valence-corrected chi connectivity index (χ1v) is 10.7. The Bertz CT molecular complexity index is 1280. The van der Waals surface area contributed by atoms with Gasteiger partial charge < -0.3 is 19.9 Å². The van der Waals surface area contributed by atoms with Crippen molar-refractivity contribution >= 4 is 34.8 Å². The lowest BCUT2D eigenvalue weighted by atomic mass is 9.90. The van der Waals surface area contributed by atoms with Crippen molar-refractivity contribution in [3.05, 3.63) is 93.7 Å². The van der Waals surface area contributed by atoms with Gasteiger partial charge in [-0.15, -0.1) is 0 Å². The van der Waals surface area contributed by atoms with Crippen LogP contribution in [0.5, 0.6) is 17.2 Å². The van der Waals surface area contributed by atoms with Gasteiger partial charge in [-0.1, -0.05) is 29.8 Å². The Balaban J connectivity index is 1.52. The molecular weight excluding hydrogens is 463 g/mol. The smallest absolute Gasteiger partial charge is 0.255 e. The number of allylic oxidation sites excluding steroid dienone is 1. The zero-order valence-electron chi connectivity index (χ0n) is 17.3. The number of anilines is 1. The Hall–Kier alpha value is -3.66. The molecule has 0 fully saturated rings. The molecule has 0 saturated carbocycles. The average Bonchev–Trinajstić information content (AvgIpc) is 2.81. The van der Waals surface area contributed by atoms with Gasteiger partial charge in [-0.3, -0.25) is 4.79 Å². The van der Waals surface area contributed by atoms with Crippen LogP contribution in [-0.2, 0) is 0 Å². The SMILES string of the molecule is C=C(O)C1CCOc2cc(Oc3ccc(C(=O)Nc4ccc(Cl)c(Cl)c4)cc3)c(C#N)cc21. The van der Waals surface area contributed by atoms with Gasteiger partial charge in [-0.2, -0.15) is 5.26 Å². The summed E-state index contributed by atoms with van der Waals surface area (Å²) < 4.78 is 11.6. The van der Waals surface area contributed by atoms with Crippen LogP contribution in [0.1, 0.15) is 33.8 Å². The second kappa shape index (κ2) is 9.45. The molecule has 0 radical (unpaired) electrons. The largest absolute Gasteiger partial charge is 0.512 e. The second-order valence-electron chi connectivity index (χ2n) is 7.39. The number of aliphatic hydroxyl groups is 1. The van der Waals surface area contributed by atoms with Gasteiger partial charge in [0.25, 0.3) is 5.91 Å².